The van der Waals surface area contributed by atoms with Crippen LogP contribution in [-0.2, 0) is 12.8 Å². The molecule has 0 N–H and O–H groups in total. The van der Waals surface area contributed by atoms with Crippen molar-refractivity contribution in [3.63, 3.8) is 0 Å². The number of aromatic nitrogens is 2. The molecule has 1 heterocycles. The number of ketones is 1. The molecule has 3 nitrogen and oxygen atoms in total. The van der Waals surface area contributed by atoms with Crippen molar-refractivity contribution in [3.8, 4) is 0 Å². The Kier molecular flexibility index (Phi) is 4.48. The van der Waals surface area contributed by atoms with Crippen LogP contribution in [0.2, 0.25) is 0 Å². The molecule has 0 aliphatic carbocycles. The molecular formula is C17H22N2O. The highest BCUT2D eigenvalue weighted by Gasteiger charge is 2.12. The zero-order valence-electron chi connectivity index (χ0n) is 12.8. The largest absolute Gasteiger partial charge is 0.294 e. The molecule has 2 aromatic rings. The van der Waals surface area contributed by atoms with E-state index in [-0.39, 0.29) is 5.78 Å². The van der Waals surface area contributed by atoms with Gasteiger partial charge in [-0.1, -0.05) is 20.8 Å². The van der Waals surface area contributed by atoms with Gasteiger partial charge in [0.25, 0.3) is 0 Å². The number of carbonyl (C=O) groups is 1. The molecule has 1 aromatic carbocycles. The molecule has 0 fully saturated rings. The fraction of sp³-hybridized carbons (Fsp3) is 0.471. The van der Waals surface area contributed by atoms with Gasteiger partial charge in [0, 0.05) is 12.0 Å². The fourth-order valence-electron chi connectivity index (χ4n) is 2.51. The lowest BCUT2D eigenvalue weighted by Crippen LogP contribution is -2.05. The third-order valence-electron chi connectivity index (χ3n) is 3.61. The second-order valence-corrected chi connectivity index (χ2v) is 5.15. The third-order valence-corrected chi connectivity index (χ3v) is 3.61. The lowest BCUT2D eigenvalue weighted by molar-refractivity contribution is 0.0981. The van der Waals surface area contributed by atoms with Gasteiger partial charge in [0.05, 0.1) is 22.4 Å². The summed E-state index contributed by atoms with van der Waals surface area (Å²) in [7, 11) is 0. The molecule has 0 spiro atoms. The Balaban J connectivity index is 2.60. The minimum absolute atomic E-state index is 0.200. The van der Waals surface area contributed by atoms with Crippen molar-refractivity contribution in [3.05, 3.63) is 34.6 Å². The summed E-state index contributed by atoms with van der Waals surface area (Å²) in [6, 6.07) is 3.90. The van der Waals surface area contributed by atoms with Crippen molar-refractivity contribution in [2.75, 3.05) is 0 Å². The highest BCUT2D eigenvalue weighted by atomic mass is 16.1. The first-order valence-corrected chi connectivity index (χ1v) is 7.44. The van der Waals surface area contributed by atoms with E-state index in [1.54, 1.807) is 0 Å². The van der Waals surface area contributed by atoms with Gasteiger partial charge in [-0.25, -0.2) is 9.97 Å². The minimum Gasteiger partial charge on any atom is -0.294 e. The monoisotopic (exact) mass is 270 g/mol. The van der Waals surface area contributed by atoms with Crippen LogP contribution in [0.25, 0.3) is 11.0 Å². The second kappa shape index (κ2) is 6.12. The first kappa shape index (κ1) is 14.6. The maximum absolute atomic E-state index is 12.1. The molecule has 0 unspecified atom stereocenters. The molecule has 0 saturated carbocycles. The molecular weight excluding hydrogens is 248 g/mol. The van der Waals surface area contributed by atoms with Crippen molar-refractivity contribution in [2.45, 2.75) is 53.4 Å². The van der Waals surface area contributed by atoms with Gasteiger partial charge >= 0.3 is 0 Å². The van der Waals surface area contributed by atoms with Gasteiger partial charge in [0.15, 0.2) is 5.78 Å². The number of aryl methyl sites for hydroxylation is 3. The molecule has 3 heteroatoms. The highest BCUT2D eigenvalue weighted by Crippen LogP contribution is 2.21. The molecule has 2 rings (SSSR count). The average molecular weight is 270 g/mol. The van der Waals surface area contributed by atoms with Crippen LogP contribution in [0.3, 0.4) is 0 Å². The smallest absolute Gasteiger partial charge is 0.163 e. The number of fused-ring (bicyclic) bond motifs is 1. The Bertz CT molecular complexity index is 647. The van der Waals surface area contributed by atoms with Crippen molar-refractivity contribution in [1.29, 1.82) is 0 Å². The lowest BCUT2D eigenvalue weighted by atomic mass is 10.0. The number of nitrogens with zero attached hydrogens (tertiary/aromatic N) is 2. The third kappa shape index (κ3) is 2.72. The van der Waals surface area contributed by atoms with Crippen molar-refractivity contribution in [1.82, 2.24) is 9.97 Å². The summed E-state index contributed by atoms with van der Waals surface area (Å²) in [5.41, 5.74) is 5.62. The van der Waals surface area contributed by atoms with E-state index in [0.717, 1.165) is 52.8 Å². The summed E-state index contributed by atoms with van der Waals surface area (Å²) in [5.74, 6) is 0.200. The molecule has 1 aromatic heterocycles. The molecule has 0 amide bonds. The number of rotatable bonds is 5. The predicted octanol–water partition coefficient (Wildman–Crippen LogP) is 4.05. The molecule has 20 heavy (non-hydrogen) atoms. The average Bonchev–Trinajstić information content (AvgIpc) is 2.45. The van der Waals surface area contributed by atoms with Crippen LogP contribution >= 0.6 is 0 Å². The first-order chi connectivity index (χ1) is 9.60. The maximum atomic E-state index is 12.1. The van der Waals surface area contributed by atoms with E-state index >= 15 is 0 Å². The summed E-state index contributed by atoms with van der Waals surface area (Å²) in [5, 5.41) is 0. The maximum Gasteiger partial charge on any atom is 0.163 e. The van der Waals surface area contributed by atoms with E-state index < -0.39 is 0 Å². The van der Waals surface area contributed by atoms with Crippen molar-refractivity contribution in [2.24, 2.45) is 0 Å². The zero-order valence-corrected chi connectivity index (χ0v) is 12.8. The van der Waals surface area contributed by atoms with Gasteiger partial charge < -0.3 is 0 Å². The number of Topliss-reactive ketones (excluding diaryl/α,β-unsaturated/α-hetero) is 1. The quantitative estimate of drug-likeness (QED) is 0.770. The Morgan fingerprint density at radius 2 is 1.55 bits per heavy atom. The molecule has 0 aliphatic rings. The summed E-state index contributed by atoms with van der Waals surface area (Å²) in [4.78, 5) is 21.5. The molecule has 0 aliphatic heterocycles. The van der Waals surface area contributed by atoms with Crippen LogP contribution in [0.5, 0.6) is 0 Å². The van der Waals surface area contributed by atoms with Gasteiger partial charge in [-0.2, -0.15) is 0 Å². The van der Waals surface area contributed by atoms with Gasteiger partial charge in [0.2, 0.25) is 0 Å². The van der Waals surface area contributed by atoms with E-state index in [4.69, 9.17) is 9.97 Å². The SMILES string of the molecule is CCCC(=O)c1cc2nc(CC)c(CC)nc2cc1C. The van der Waals surface area contributed by atoms with Gasteiger partial charge in [0.1, 0.15) is 0 Å². The van der Waals surface area contributed by atoms with Gasteiger partial charge in [-0.3, -0.25) is 4.79 Å². The topological polar surface area (TPSA) is 42.9 Å². The molecule has 0 saturated heterocycles. The number of hydrogen-bond donors (Lipinski definition) is 0. The Morgan fingerprint density at radius 3 is 2.05 bits per heavy atom. The standard InChI is InChI=1S/C17H22N2O/c1-5-8-17(20)12-10-16-15(9-11(12)4)18-13(6-2)14(7-3)19-16/h9-10H,5-8H2,1-4H3. The van der Waals surface area contributed by atoms with Crippen LogP contribution in [0.1, 0.15) is 60.9 Å². The van der Waals surface area contributed by atoms with E-state index in [0.29, 0.717) is 6.42 Å². The van der Waals surface area contributed by atoms with Crippen LogP contribution in [-0.4, -0.2) is 15.8 Å². The Labute approximate surface area is 120 Å². The summed E-state index contributed by atoms with van der Waals surface area (Å²) >= 11 is 0. The normalized spacial score (nSPS) is 11.0. The van der Waals surface area contributed by atoms with E-state index in [9.17, 15) is 4.79 Å². The fourth-order valence-corrected chi connectivity index (χ4v) is 2.51. The highest BCUT2D eigenvalue weighted by molar-refractivity contribution is 6.00. The summed E-state index contributed by atoms with van der Waals surface area (Å²) < 4.78 is 0. The minimum atomic E-state index is 0.200. The summed E-state index contributed by atoms with van der Waals surface area (Å²) in [6.07, 6.45) is 3.23. The van der Waals surface area contributed by atoms with E-state index in [1.807, 2.05) is 26.0 Å². The van der Waals surface area contributed by atoms with Crippen molar-refractivity contribution < 1.29 is 4.79 Å². The first-order valence-electron chi connectivity index (χ1n) is 7.44. The van der Waals surface area contributed by atoms with Crippen LogP contribution < -0.4 is 0 Å². The molecule has 106 valence electrons. The zero-order chi connectivity index (χ0) is 14.7. The van der Waals surface area contributed by atoms with Crippen LogP contribution in [0, 0.1) is 6.92 Å². The van der Waals surface area contributed by atoms with Crippen LogP contribution in [0.4, 0.5) is 0 Å². The summed E-state index contributed by atoms with van der Waals surface area (Å²) in [6.45, 7) is 8.19. The molecule has 0 bridgehead atoms. The van der Waals surface area contributed by atoms with Gasteiger partial charge in [-0.05, 0) is 43.9 Å². The van der Waals surface area contributed by atoms with Crippen LogP contribution in [0.15, 0.2) is 12.1 Å². The molecule has 0 radical (unpaired) electrons. The van der Waals surface area contributed by atoms with E-state index in [2.05, 4.69) is 13.8 Å². The number of carbonyl (C=O) groups excluding carboxylic acids is 1. The second-order valence-electron chi connectivity index (χ2n) is 5.15. The van der Waals surface area contributed by atoms with Crippen molar-refractivity contribution >= 4 is 16.8 Å². The Hall–Kier alpha value is -1.77. The number of benzene rings is 1. The molecule has 0 atom stereocenters. The van der Waals surface area contributed by atoms with Gasteiger partial charge in [-0.15, -0.1) is 0 Å². The predicted molar refractivity (Wildman–Crippen MR) is 82.3 cm³/mol. The lowest BCUT2D eigenvalue weighted by Gasteiger charge is -2.10. The van der Waals surface area contributed by atoms with E-state index in [1.165, 1.54) is 0 Å². The number of hydrogen-bond acceptors (Lipinski definition) is 3. The Morgan fingerprint density at radius 1 is 1.00 bits per heavy atom.